The molecule has 0 aliphatic carbocycles. The van der Waals surface area contributed by atoms with Crippen LogP contribution in [0.25, 0.3) is 0 Å². The molecule has 0 fully saturated rings. The van der Waals surface area contributed by atoms with Crippen LogP contribution in [0.3, 0.4) is 0 Å². The number of anilines is 1. The Labute approximate surface area is 114 Å². The number of benzene rings is 1. The van der Waals surface area contributed by atoms with Crippen LogP contribution < -0.4 is 5.32 Å². The average Bonchev–Trinajstić information content (AvgIpc) is 2.40. The monoisotopic (exact) mass is 260 g/mol. The highest BCUT2D eigenvalue weighted by Gasteiger charge is 2.05. The summed E-state index contributed by atoms with van der Waals surface area (Å²) < 4.78 is 5.52. The summed E-state index contributed by atoms with van der Waals surface area (Å²) in [6, 6.07) is 8.82. The molecule has 1 aromatic rings. The van der Waals surface area contributed by atoms with E-state index in [1.807, 2.05) is 13.0 Å². The predicted octanol–water partition coefficient (Wildman–Crippen LogP) is 3.09. The second-order valence-corrected chi connectivity index (χ2v) is 4.46. The molecule has 0 heterocycles. The maximum atomic E-state index is 11.7. The van der Waals surface area contributed by atoms with Gasteiger partial charge in [0.25, 0.3) is 0 Å². The molecule has 1 aromatic carbocycles. The van der Waals surface area contributed by atoms with Crippen molar-refractivity contribution in [2.75, 3.05) is 11.9 Å². The number of rotatable bonds is 7. The normalized spacial score (nSPS) is 11.6. The fourth-order valence-corrected chi connectivity index (χ4v) is 1.69. The van der Waals surface area contributed by atoms with E-state index in [2.05, 4.69) is 12.2 Å². The van der Waals surface area contributed by atoms with E-state index in [9.17, 15) is 4.79 Å². The van der Waals surface area contributed by atoms with Gasteiger partial charge in [-0.05, 0) is 37.6 Å². The first kappa shape index (κ1) is 15.2. The highest BCUT2D eigenvalue weighted by molar-refractivity contribution is 5.90. The van der Waals surface area contributed by atoms with Gasteiger partial charge >= 0.3 is 0 Å². The number of carbonyl (C=O) groups is 1. The third-order valence-electron chi connectivity index (χ3n) is 2.72. The molecule has 0 radical (unpaired) electrons. The van der Waals surface area contributed by atoms with Crippen molar-refractivity contribution in [3.63, 3.8) is 0 Å². The minimum Gasteiger partial charge on any atom is -0.378 e. The van der Waals surface area contributed by atoms with Crippen LogP contribution in [0.5, 0.6) is 0 Å². The van der Waals surface area contributed by atoms with E-state index in [1.165, 1.54) is 0 Å². The van der Waals surface area contributed by atoms with Crippen molar-refractivity contribution in [1.29, 1.82) is 5.26 Å². The van der Waals surface area contributed by atoms with Crippen LogP contribution in [0.4, 0.5) is 5.69 Å². The second-order valence-electron chi connectivity index (χ2n) is 4.46. The Morgan fingerprint density at radius 1 is 1.42 bits per heavy atom. The SMILES string of the molecule is CCCC(C)OCCC(=O)Nc1ccc(C#N)cc1. The predicted molar refractivity (Wildman–Crippen MR) is 74.7 cm³/mol. The van der Waals surface area contributed by atoms with E-state index in [4.69, 9.17) is 10.00 Å². The van der Waals surface area contributed by atoms with Gasteiger partial charge in [-0.2, -0.15) is 5.26 Å². The second kappa shape index (κ2) is 8.28. The molecular formula is C15H20N2O2. The Balaban J connectivity index is 2.29. The molecule has 4 heteroatoms. The van der Waals surface area contributed by atoms with Crippen LogP contribution in [0, 0.1) is 11.3 Å². The summed E-state index contributed by atoms with van der Waals surface area (Å²) >= 11 is 0. The lowest BCUT2D eigenvalue weighted by Crippen LogP contribution is -2.16. The minimum absolute atomic E-state index is 0.0755. The summed E-state index contributed by atoms with van der Waals surface area (Å²) in [7, 11) is 0. The van der Waals surface area contributed by atoms with Gasteiger partial charge in [-0.15, -0.1) is 0 Å². The lowest BCUT2D eigenvalue weighted by atomic mass is 10.2. The van der Waals surface area contributed by atoms with Gasteiger partial charge in [0.2, 0.25) is 5.91 Å². The van der Waals surface area contributed by atoms with Crippen molar-refractivity contribution < 1.29 is 9.53 Å². The maximum Gasteiger partial charge on any atom is 0.226 e. The molecular weight excluding hydrogens is 240 g/mol. The fraction of sp³-hybridized carbons (Fsp3) is 0.467. The number of hydrogen-bond donors (Lipinski definition) is 1. The standard InChI is InChI=1S/C15H20N2O2/c1-3-4-12(2)19-10-9-15(18)17-14-7-5-13(11-16)6-8-14/h5-8,12H,3-4,9-10H2,1-2H3,(H,17,18). The minimum atomic E-state index is -0.0755. The van der Waals surface area contributed by atoms with Gasteiger partial charge in [0.15, 0.2) is 0 Å². The molecule has 0 saturated heterocycles. The molecule has 1 unspecified atom stereocenters. The molecule has 0 aliphatic heterocycles. The Kier molecular flexibility index (Phi) is 6.62. The zero-order chi connectivity index (χ0) is 14.1. The molecule has 1 atom stereocenters. The number of amides is 1. The summed E-state index contributed by atoms with van der Waals surface area (Å²) in [5.74, 6) is -0.0755. The number of nitrogens with one attached hydrogen (secondary N) is 1. The summed E-state index contributed by atoms with van der Waals surface area (Å²) in [6.45, 7) is 4.56. The topological polar surface area (TPSA) is 62.1 Å². The first-order valence-electron chi connectivity index (χ1n) is 6.57. The number of nitriles is 1. The molecule has 1 amide bonds. The molecule has 4 nitrogen and oxygen atoms in total. The molecule has 0 saturated carbocycles. The molecule has 102 valence electrons. The zero-order valence-corrected chi connectivity index (χ0v) is 11.5. The van der Waals surface area contributed by atoms with Crippen molar-refractivity contribution in [1.82, 2.24) is 0 Å². The van der Waals surface area contributed by atoms with Crippen LogP contribution in [-0.2, 0) is 9.53 Å². The largest absolute Gasteiger partial charge is 0.378 e. The van der Waals surface area contributed by atoms with Crippen LogP contribution in [0.2, 0.25) is 0 Å². The molecule has 0 spiro atoms. The van der Waals surface area contributed by atoms with Crippen LogP contribution >= 0.6 is 0 Å². The highest BCUT2D eigenvalue weighted by Crippen LogP contribution is 2.09. The Morgan fingerprint density at radius 3 is 2.68 bits per heavy atom. The van der Waals surface area contributed by atoms with Gasteiger partial charge in [-0.1, -0.05) is 13.3 Å². The summed E-state index contributed by atoms with van der Waals surface area (Å²) in [4.78, 5) is 11.7. The molecule has 0 aliphatic rings. The van der Waals surface area contributed by atoms with Gasteiger partial charge in [0.05, 0.1) is 30.8 Å². The van der Waals surface area contributed by atoms with E-state index in [-0.39, 0.29) is 12.0 Å². The van der Waals surface area contributed by atoms with Crippen molar-refractivity contribution in [2.45, 2.75) is 39.2 Å². The maximum absolute atomic E-state index is 11.7. The number of hydrogen-bond acceptors (Lipinski definition) is 3. The first-order valence-corrected chi connectivity index (χ1v) is 6.57. The van der Waals surface area contributed by atoms with Crippen LogP contribution in [0.1, 0.15) is 38.7 Å². The third-order valence-corrected chi connectivity index (χ3v) is 2.72. The van der Waals surface area contributed by atoms with E-state index in [0.717, 1.165) is 12.8 Å². The lowest BCUT2D eigenvalue weighted by molar-refractivity contribution is -0.117. The average molecular weight is 260 g/mol. The third kappa shape index (κ3) is 6.03. The van der Waals surface area contributed by atoms with E-state index in [0.29, 0.717) is 24.3 Å². The van der Waals surface area contributed by atoms with Gasteiger partial charge in [-0.25, -0.2) is 0 Å². The molecule has 1 rings (SSSR count). The number of ether oxygens (including phenoxy) is 1. The van der Waals surface area contributed by atoms with E-state index >= 15 is 0 Å². The quantitative estimate of drug-likeness (QED) is 0.819. The Morgan fingerprint density at radius 2 is 2.11 bits per heavy atom. The Hall–Kier alpha value is -1.86. The van der Waals surface area contributed by atoms with E-state index < -0.39 is 0 Å². The summed E-state index contributed by atoms with van der Waals surface area (Å²) in [5, 5.41) is 11.4. The smallest absolute Gasteiger partial charge is 0.226 e. The molecule has 1 N–H and O–H groups in total. The van der Waals surface area contributed by atoms with Gasteiger partial charge in [0.1, 0.15) is 0 Å². The van der Waals surface area contributed by atoms with Crippen LogP contribution in [-0.4, -0.2) is 18.6 Å². The molecule has 0 aromatic heterocycles. The lowest BCUT2D eigenvalue weighted by Gasteiger charge is -2.11. The van der Waals surface area contributed by atoms with Crippen molar-refractivity contribution >= 4 is 11.6 Å². The Bertz CT molecular complexity index is 434. The summed E-state index contributed by atoms with van der Waals surface area (Å²) in [6.07, 6.45) is 2.64. The van der Waals surface area contributed by atoms with E-state index in [1.54, 1.807) is 24.3 Å². The number of carbonyl (C=O) groups excluding carboxylic acids is 1. The van der Waals surface area contributed by atoms with Crippen LogP contribution in [0.15, 0.2) is 24.3 Å². The van der Waals surface area contributed by atoms with Crippen molar-refractivity contribution in [3.8, 4) is 6.07 Å². The first-order chi connectivity index (χ1) is 9.15. The fourth-order valence-electron chi connectivity index (χ4n) is 1.69. The molecule has 19 heavy (non-hydrogen) atoms. The zero-order valence-electron chi connectivity index (χ0n) is 11.5. The van der Waals surface area contributed by atoms with Gasteiger partial charge in [-0.3, -0.25) is 4.79 Å². The van der Waals surface area contributed by atoms with Crippen molar-refractivity contribution in [2.24, 2.45) is 0 Å². The number of nitrogens with zero attached hydrogens (tertiary/aromatic N) is 1. The van der Waals surface area contributed by atoms with Crippen molar-refractivity contribution in [3.05, 3.63) is 29.8 Å². The molecule has 0 bridgehead atoms. The van der Waals surface area contributed by atoms with Gasteiger partial charge in [0, 0.05) is 5.69 Å². The van der Waals surface area contributed by atoms with Gasteiger partial charge < -0.3 is 10.1 Å². The highest BCUT2D eigenvalue weighted by atomic mass is 16.5. The summed E-state index contributed by atoms with van der Waals surface area (Å²) in [5.41, 5.74) is 1.28.